The largest absolute Gasteiger partial charge is 0.375 e. The monoisotopic (exact) mass is 372 g/mol. The van der Waals surface area contributed by atoms with E-state index in [0.717, 1.165) is 16.8 Å². The van der Waals surface area contributed by atoms with E-state index in [1.54, 1.807) is 18.3 Å². The second-order valence-electron chi connectivity index (χ2n) is 4.94. The molecule has 116 valence electrons. The summed E-state index contributed by atoms with van der Waals surface area (Å²) >= 11 is 3.25. The Kier molecular flexibility index (Phi) is 4.38. The topological polar surface area (TPSA) is 83.8 Å². The number of aromatic nitrogens is 2. The molecule has 0 atom stereocenters. The minimum Gasteiger partial charge on any atom is -0.375 e. The molecule has 0 aliphatic rings. The molecule has 0 bridgehead atoms. The summed E-state index contributed by atoms with van der Waals surface area (Å²) < 4.78 is 0.679. The lowest BCUT2D eigenvalue weighted by Crippen LogP contribution is -2.02. The lowest BCUT2D eigenvalue weighted by Gasteiger charge is -2.08. The van der Waals surface area contributed by atoms with E-state index in [2.05, 4.69) is 31.4 Å². The van der Waals surface area contributed by atoms with E-state index >= 15 is 0 Å². The van der Waals surface area contributed by atoms with Gasteiger partial charge in [0.1, 0.15) is 5.69 Å². The molecule has 0 saturated carbocycles. The van der Waals surface area contributed by atoms with Gasteiger partial charge in [-0.05, 0) is 29.3 Å². The molecule has 0 aliphatic carbocycles. The van der Waals surface area contributed by atoms with Crippen molar-refractivity contribution >= 4 is 27.3 Å². The summed E-state index contributed by atoms with van der Waals surface area (Å²) in [5.74, 6) is 0. The van der Waals surface area contributed by atoms with Crippen molar-refractivity contribution in [1.82, 2.24) is 10.2 Å². The van der Waals surface area contributed by atoms with Gasteiger partial charge in [0.05, 0.1) is 10.6 Å². The van der Waals surface area contributed by atoms with Gasteiger partial charge in [-0.3, -0.25) is 15.2 Å². The number of nitro groups is 1. The van der Waals surface area contributed by atoms with Gasteiger partial charge in [0.2, 0.25) is 0 Å². The molecule has 7 heteroatoms. The van der Waals surface area contributed by atoms with Crippen LogP contribution in [-0.2, 0) is 6.54 Å². The number of rotatable bonds is 5. The van der Waals surface area contributed by atoms with Gasteiger partial charge in [0, 0.05) is 23.3 Å². The predicted octanol–water partition coefficient (Wildman–Crippen LogP) is 4.36. The second kappa shape index (κ2) is 6.62. The highest BCUT2D eigenvalue weighted by atomic mass is 79.9. The van der Waals surface area contributed by atoms with Gasteiger partial charge >= 0.3 is 0 Å². The van der Waals surface area contributed by atoms with E-state index in [1.807, 2.05) is 30.3 Å². The van der Waals surface area contributed by atoms with Crippen LogP contribution in [0, 0.1) is 10.1 Å². The van der Waals surface area contributed by atoms with Crippen molar-refractivity contribution < 1.29 is 4.92 Å². The fourth-order valence-corrected chi connectivity index (χ4v) is 2.57. The maximum atomic E-state index is 11.1. The van der Waals surface area contributed by atoms with E-state index in [0.29, 0.717) is 16.7 Å². The van der Waals surface area contributed by atoms with Crippen LogP contribution < -0.4 is 5.32 Å². The first-order chi connectivity index (χ1) is 11.1. The van der Waals surface area contributed by atoms with Gasteiger partial charge in [-0.1, -0.05) is 40.2 Å². The Balaban J connectivity index is 1.73. The number of nitro benzene ring substituents is 1. The summed E-state index contributed by atoms with van der Waals surface area (Å²) in [6, 6.07) is 14.8. The molecule has 6 nitrogen and oxygen atoms in total. The van der Waals surface area contributed by atoms with Crippen molar-refractivity contribution in [3.63, 3.8) is 0 Å². The average molecular weight is 373 g/mol. The normalized spacial score (nSPS) is 10.5. The zero-order valence-corrected chi connectivity index (χ0v) is 13.6. The Hall–Kier alpha value is -2.67. The highest BCUT2D eigenvalue weighted by Gasteiger charge is 2.13. The van der Waals surface area contributed by atoms with Crippen LogP contribution in [0.25, 0.3) is 11.3 Å². The van der Waals surface area contributed by atoms with Gasteiger partial charge in [-0.2, -0.15) is 5.10 Å². The molecule has 0 saturated heterocycles. The predicted molar refractivity (Wildman–Crippen MR) is 92.1 cm³/mol. The molecule has 0 aliphatic heterocycles. The van der Waals surface area contributed by atoms with E-state index in [9.17, 15) is 10.1 Å². The lowest BCUT2D eigenvalue weighted by atomic mass is 10.1. The van der Waals surface area contributed by atoms with E-state index in [1.165, 1.54) is 6.07 Å². The molecule has 0 radical (unpaired) electrons. The first kappa shape index (κ1) is 15.2. The quantitative estimate of drug-likeness (QED) is 0.514. The number of hydrogen-bond acceptors (Lipinski definition) is 4. The number of aromatic amines is 1. The highest BCUT2D eigenvalue weighted by molar-refractivity contribution is 9.10. The third kappa shape index (κ3) is 3.57. The molecular weight excluding hydrogens is 360 g/mol. The molecule has 0 unspecified atom stereocenters. The SMILES string of the molecule is O=[N+]([O-])c1cc(Br)ccc1NCc1ccc(-c2ccn[nH]2)cc1. The zero-order valence-electron chi connectivity index (χ0n) is 12.0. The third-order valence-corrected chi connectivity index (χ3v) is 3.90. The lowest BCUT2D eigenvalue weighted by molar-refractivity contribution is -0.384. The Morgan fingerprint density at radius 1 is 1.17 bits per heavy atom. The van der Waals surface area contributed by atoms with Gasteiger partial charge < -0.3 is 5.32 Å². The molecule has 2 N–H and O–H groups in total. The molecule has 2 aromatic carbocycles. The Morgan fingerprint density at radius 2 is 1.96 bits per heavy atom. The van der Waals surface area contributed by atoms with Crippen LogP contribution in [0.3, 0.4) is 0 Å². The van der Waals surface area contributed by atoms with Crippen LogP contribution in [0.4, 0.5) is 11.4 Å². The van der Waals surface area contributed by atoms with E-state index in [4.69, 9.17) is 0 Å². The first-order valence-electron chi connectivity index (χ1n) is 6.90. The minimum atomic E-state index is -0.394. The van der Waals surface area contributed by atoms with Crippen LogP contribution in [0.2, 0.25) is 0 Å². The molecule has 0 spiro atoms. The highest BCUT2D eigenvalue weighted by Crippen LogP contribution is 2.28. The molecule has 3 rings (SSSR count). The minimum absolute atomic E-state index is 0.0495. The van der Waals surface area contributed by atoms with Crippen LogP contribution in [0.15, 0.2) is 59.2 Å². The number of benzene rings is 2. The number of hydrogen-bond donors (Lipinski definition) is 2. The molecule has 0 amide bonds. The zero-order chi connectivity index (χ0) is 16.2. The number of anilines is 1. The molecule has 1 heterocycles. The van der Waals surface area contributed by atoms with Crippen molar-refractivity contribution in [2.75, 3.05) is 5.32 Å². The van der Waals surface area contributed by atoms with E-state index < -0.39 is 4.92 Å². The smallest absolute Gasteiger partial charge is 0.293 e. The fourth-order valence-electron chi connectivity index (χ4n) is 2.22. The van der Waals surface area contributed by atoms with Crippen LogP contribution in [0.1, 0.15) is 5.56 Å². The van der Waals surface area contributed by atoms with Crippen molar-refractivity contribution in [1.29, 1.82) is 0 Å². The number of nitrogens with one attached hydrogen (secondary N) is 2. The number of nitrogens with zero attached hydrogens (tertiary/aromatic N) is 2. The van der Waals surface area contributed by atoms with Crippen LogP contribution >= 0.6 is 15.9 Å². The Labute approximate surface area is 140 Å². The van der Waals surface area contributed by atoms with Crippen molar-refractivity contribution in [3.05, 3.63) is 74.9 Å². The maximum Gasteiger partial charge on any atom is 0.293 e. The standard InChI is InChI=1S/C16H13BrN4O2/c17-13-5-6-15(16(9-13)21(22)23)18-10-11-1-3-12(4-2-11)14-7-8-19-20-14/h1-9,18H,10H2,(H,19,20). The van der Waals surface area contributed by atoms with Crippen molar-refractivity contribution in [2.24, 2.45) is 0 Å². The Bertz CT molecular complexity index is 817. The Morgan fingerprint density at radius 3 is 2.61 bits per heavy atom. The maximum absolute atomic E-state index is 11.1. The summed E-state index contributed by atoms with van der Waals surface area (Å²) in [6.45, 7) is 0.506. The van der Waals surface area contributed by atoms with E-state index in [-0.39, 0.29) is 5.69 Å². The van der Waals surface area contributed by atoms with Crippen molar-refractivity contribution in [2.45, 2.75) is 6.54 Å². The average Bonchev–Trinajstić information content (AvgIpc) is 3.08. The summed E-state index contributed by atoms with van der Waals surface area (Å²) in [4.78, 5) is 10.7. The fraction of sp³-hybridized carbons (Fsp3) is 0.0625. The molecule has 23 heavy (non-hydrogen) atoms. The van der Waals surface area contributed by atoms with Gasteiger partial charge in [0.15, 0.2) is 0 Å². The first-order valence-corrected chi connectivity index (χ1v) is 7.69. The van der Waals surface area contributed by atoms with Gasteiger partial charge in [0.25, 0.3) is 5.69 Å². The third-order valence-electron chi connectivity index (χ3n) is 3.41. The summed E-state index contributed by atoms with van der Waals surface area (Å²) in [6.07, 6.45) is 1.71. The molecule has 1 aromatic heterocycles. The summed E-state index contributed by atoms with van der Waals surface area (Å²) in [5, 5.41) is 21.0. The molecule has 0 fully saturated rings. The molecule has 3 aromatic rings. The second-order valence-corrected chi connectivity index (χ2v) is 5.86. The van der Waals surface area contributed by atoms with Crippen LogP contribution in [-0.4, -0.2) is 15.1 Å². The summed E-state index contributed by atoms with van der Waals surface area (Å²) in [7, 11) is 0. The molecular formula is C16H13BrN4O2. The number of H-pyrrole nitrogens is 1. The summed E-state index contributed by atoms with van der Waals surface area (Å²) in [5.41, 5.74) is 3.57. The van der Waals surface area contributed by atoms with Crippen molar-refractivity contribution in [3.8, 4) is 11.3 Å². The number of halogens is 1. The van der Waals surface area contributed by atoms with Crippen LogP contribution in [0.5, 0.6) is 0 Å². The van der Waals surface area contributed by atoms with Gasteiger partial charge in [-0.15, -0.1) is 0 Å². The van der Waals surface area contributed by atoms with Gasteiger partial charge in [-0.25, -0.2) is 0 Å².